The fourth-order valence-corrected chi connectivity index (χ4v) is 1.28. The number of rotatable bonds is 4. The highest BCUT2D eigenvalue weighted by Gasteiger charge is 2.05. The van der Waals surface area contributed by atoms with Crippen LogP contribution in [0.4, 0.5) is 5.69 Å². The van der Waals surface area contributed by atoms with Crippen molar-refractivity contribution in [3.63, 3.8) is 0 Å². The third kappa shape index (κ3) is 3.61. The monoisotopic (exact) mass is 223 g/mol. The summed E-state index contributed by atoms with van der Waals surface area (Å²) in [5.41, 5.74) is 1.05. The minimum atomic E-state index is -0.880. The standard InChI is InChI=1S/C11H13NO4/c1-7(13)12-9-6-8(2-4-10(9)14)3-5-11(15)16/h2,4,6,14H,3,5H2,1H3,(H,12,13)(H,15,16). The number of phenols is 1. The van der Waals surface area contributed by atoms with E-state index < -0.39 is 5.97 Å². The van der Waals surface area contributed by atoms with Crippen LogP contribution in [0.15, 0.2) is 18.2 Å². The second kappa shape index (κ2) is 5.16. The van der Waals surface area contributed by atoms with Gasteiger partial charge in [0.15, 0.2) is 0 Å². The molecule has 5 nitrogen and oxygen atoms in total. The lowest BCUT2D eigenvalue weighted by Crippen LogP contribution is -2.06. The third-order valence-corrected chi connectivity index (χ3v) is 2.00. The van der Waals surface area contributed by atoms with E-state index in [2.05, 4.69) is 5.32 Å². The molecule has 0 fully saturated rings. The molecule has 0 radical (unpaired) electrons. The summed E-state index contributed by atoms with van der Waals surface area (Å²) in [6.45, 7) is 1.34. The van der Waals surface area contributed by atoms with E-state index >= 15 is 0 Å². The van der Waals surface area contributed by atoms with Gasteiger partial charge in [0.05, 0.1) is 5.69 Å². The van der Waals surface area contributed by atoms with Crippen molar-refractivity contribution in [1.82, 2.24) is 0 Å². The zero-order valence-corrected chi connectivity index (χ0v) is 8.86. The minimum absolute atomic E-state index is 0.0181. The zero-order chi connectivity index (χ0) is 12.1. The Hall–Kier alpha value is -2.04. The van der Waals surface area contributed by atoms with Crippen LogP contribution in [-0.4, -0.2) is 22.1 Å². The quantitative estimate of drug-likeness (QED) is 0.673. The molecule has 0 saturated heterocycles. The van der Waals surface area contributed by atoms with Crippen LogP contribution in [0.3, 0.4) is 0 Å². The van der Waals surface area contributed by atoms with Gasteiger partial charge in [0.1, 0.15) is 5.75 Å². The van der Waals surface area contributed by atoms with E-state index in [-0.39, 0.29) is 18.1 Å². The van der Waals surface area contributed by atoms with Gasteiger partial charge in [0.2, 0.25) is 5.91 Å². The molecule has 5 heteroatoms. The first-order chi connectivity index (χ1) is 7.49. The number of anilines is 1. The summed E-state index contributed by atoms with van der Waals surface area (Å²) in [7, 11) is 0. The van der Waals surface area contributed by atoms with Crippen molar-refractivity contribution in [1.29, 1.82) is 0 Å². The summed E-state index contributed by atoms with van der Waals surface area (Å²) < 4.78 is 0. The van der Waals surface area contributed by atoms with Crippen LogP contribution in [0.5, 0.6) is 5.75 Å². The number of phenolic OH excluding ortho intramolecular Hbond substituents is 1. The Bertz CT molecular complexity index is 414. The smallest absolute Gasteiger partial charge is 0.303 e. The average molecular weight is 223 g/mol. The average Bonchev–Trinajstić information content (AvgIpc) is 2.18. The number of benzene rings is 1. The summed E-state index contributed by atoms with van der Waals surface area (Å²) in [4.78, 5) is 21.2. The lowest BCUT2D eigenvalue weighted by Gasteiger charge is -2.07. The maximum absolute atomic E-state index is 10.8. The van der Waals surface area contributed by atoms with Gasteiger partial charge in [-0.15, -0.1) is 0 Å². The summed E-state index contributed by atoms with van der Waals surface area (Å²) in [6.07, 6.45) is 0.381. The number of amides is 1. The molecular formula is C11H13NO4. The fraction of sp³-hybridized carbons (Fsp3) is 0.273. The summed E-state index contributed by atoms with van der Waals surface area (Å²) >= 11 is 0. The molecule has 0 heterocycles. The van der Waals surface area contributed by atoms with Gasteiger partial charge in [-0.3, -0.25) is 9.59 Å². The number of carboxylic acid groups (broad SMARTS) is 1. The third-order valence-electron chi connectivity index (χ3n) is 2.00. The number of carboxylic acids is 1. The molecule has 0 aliphatic carbocycles. The van der Waals surface area contributed by atoms with Crippen LogP contribution >= 0.6 is 0 Å². The molecule has 0 bridgehead atoms. The van der Waals surface area contributed by atoms with Crippen LogP contribution < -0.4 is 5.32 Å². The van der Waals surface area contributed by atoms with E-state index in [0.29, 0.717) is 12.1 Å². The van der Waals surface area contributed by atoms with Crippen LogP contribution in [0.1, 0.15) is 18.9 Å². The summed E-state index contributed by atoms with van der Waals surface area (Å²) in [6, 6.07) is 4.63. The van der Waals surface area contributed by atoms with Gasteiger partial charge in [-0.05, 0) is 24.1 Å². The van der Waals surface area contributed by atoms with E-state index in [1.807, 2.05) is 0 Å². The van der Waals surface area contributed by atoms with E-state index in [9.17, 15) is 14.7 Å². The van der Waals surface area contributed by atoms with Crippen molar-refractivity contribution in [2.24, 2.45) is 0 Å². The summed E-state index contributed by atoms with van der Waals surface area (Å²) in [5, 5.41) is 20.4. The topological polar surface area (TPSA) is 86.6 Å². The van der Waals surface area contributed by atoms with Crippen molar-refractivity contribution in [3.8, 4) is 5.75 Å². The second-order valence-corrected chi connectivity index (χ2v) is 3.43. The SMILES string of the molecule is CC(=O)Nc1cc(CCC(=O)O)ccc1O. The van der Waals surface area contributed by atoms with Crippen LogP contribution in [0.25, 0.3) is 0 Å². The second-order valence-electron chi connectivity index (χ2n) is 3.43. The molecule has 1 aromatic carbocycles. The fourth-order valence-electron chi connectivity index (χ4n) is 1.28. The zero-order valence-electron chi connectivity index (χ0n) is 8.86. The Balaban J connectivity index is 2.80. The molecular weight excluding hydrogens is 210 g/mol. The van der Waals surface area contributed by atoms with Crippen molar-refractivity contribution in [2.75, 3.05) is 5.32 Å². The molecule has 1 amide bonds. The number of hydrogen-bond acceptors (Lipinski definition) is 3. The van der Waals surface area contributed by atoms with Crippen LogP contribution in [-0.2, 0) is 16.0 Å². The predicted molar refractivity (Wildman–Crippen MR) is 58.4 cm³/mol. The Morgan fingerprint density at radius 3 is 2.62 bits per heavy atom. The molecule has 0 unspecified atom stereocenters. The number of carbonyl (C=O) groups is 2. The van der Waals surface area contributed by atoms with Gasteiger partial charge in [-0.1, -0.05) is 6.07 Å². The number of aromatic hydroxyl groups is 1. The Labute approximate surface area is 92.7 Å². The van der Waals surface area contributed by atoms with E-state index in [4.69, 9.17) is 5.11 Å². The van der Waals surface area contributed by atoms with Gasteiger partial charge >= 0.3 is 5.97 Å². The van der Waals surface area contributed by atoms with E-state index in [1.165, 1.54) is 13.0 Å². The molecule has 0 spiro atoms. The number of carbonyl (C=O) groups excluding carboxylic acids is 1. The Morgan fingerprint density at radius 1 is 1.38 bits per heavy atom. The maximum atomic E-state index is 10.8. The predicted octanol–water partition coefficient (Wildman–Crippen LogP) is 1.37. The maximum Gasteiger partial charge on any atom is 0.303 e. The van der Waals surface area contributed by atoms with Gasteiger partial charge in [-0.25, -0.2) is 0 Å². The van der Waals surface area contributed by atoms with Gasteiger partial charge in [0.25, 0.3) is 0 Å². The van der Waals surface area contributed by atoms with Gasteiger partial charge < -0.3 is 15.5 Å². The van der Waals surface area contributed by atoms with Gasteiger partial charge in [-0.2, -0.15) is 0 Å². The van der Waals surface area contributed by atoms with Crippen molar-refractivity contribution in [2.45, 2.75) is 19.8 Å². The lowest BCUT2D eigenvalue weighted by atomic mass is 10.1. The van der Waals surface area contributed by atoms with E-state index in [0.717, 1.165) is 5.56 Å². The van der Waals surface area contributed by atoms with E-state index in [1.54, 1.807) is 12.1 Å². The molecule has 0 aliphatic heterocycles. The number of hydrogen-bond donors (Lipinski definition) is 3. The van der Waals surface area contributed by atoms with Crippen molar-refractivity contribution >= 4 is 17.6 Å². The molecule has 0 aliphatic rings. The van der Waals surface area contributed by atoms with Crippen molar-refractivity contribution in [3.05, 3.63) is 23.8 Å². The Kier molecular flexibility index (Phi) is 3.88. The summed E-state index contributed by atoms with van der Waals surface area (Å²) in [5.74, 6) is -1.20. The molecule has 1 rings (SSSR count). The highest BCUT2D eigenvalue weighted by molar-refractivity contribution is 5.90. The van der Waals surface area contributed by atoms with Gasteiger partial charge in [0, 0.05) is 13.3 Å². The molecule has 3 N–H and O–H groups in total. The molecule has 16 heavy (non-hydrogen) atoms. The molecule has 0 saturated carbocycles. The van der Waals surface area contributed by atoms with Crippen molar-refractivity contribution < 1.29 is 19.8 Å². The molecule has 0 atom stereocenters. The first kappa shape index (κ1) is 12.0. The van der Waals surface area contributed by atoms with Crippen LogP contribution in [0.2, 0.25) is 0 Å². The number of aryl methyl sites for hydroxylation is 1. The number of nitrogens with one attached hydrogen (secondary N) is 1. The molecule has 1 aromatic rings. The molecule has 86 valence electrons. The number of aliphatic carboxylic acids is 1. The first-order valence-corrected chi connectivity index (χ1v) is 4.80. The Morgan fingerprint density at radius 2 is 2.06 bits per heavy atom. The van der Waals surface area contributed by atoms with Crippen LogP contribution in [0, 0.1) is 0 Å². The molecule has 0 aromatic heterocycles. The highest BCUT2D eigenvalue weighted by Crippen LogP contribution is 2.24. The largest absolute Gasteiger partial charge is 0.506 e. The minimum Gasteiger partial charge on any atom is -0.506 e. The normalized spacial score (nSPS) is 9.81. The first-order valence-electron chi connectivity index (χ1n) is 4.80. The lowest BCUT2D eigenvalue weighted by molar-refractivity contribution is -0.137. The highest BCUT2D eigenvalue weighted by atomic mass is 16.4.